The van der Waals surface area contributed by atoms with E-state index < -0.39 is 0 Å². The predicted molar refractivity (Wildman–Crippen MR) is 77.4 cm³/mol. The molecule has 2 aromatic rings. The topological polar surface area (TPSA) is 48.1 Å². The maximum absolute atomic E-state index is 5.85. The van der Waals surface area contributed by atoms with E-state index in [0.717, 1.165) is 33.3 Å². The molecule has 4 heteroatoms. The smallest absolute Gasteiger partial charge is 0.127 e. The number of pyridine rings is 1. The molecule has 0 fully saturated rings. The Morgan fingerprint density at radius 2 is 1.89 bits per heavy atom. The number of nitrogens with two attached hydrogens (primary N) is 1. The van der Waals surface area contributed by atoms with Crippen molar-refractivity contribution in [2.75, 3.05) is 0 Å². The first-order chi connectivity index (χ1) is 9.10. The Bertz CT molecular complexity index is 567. The minimum absolute atomic E-state index is 0.426. The molecule has 0 saturated carbocycles. The molecule has 0 amide bonds. The number of benzene rings is 1. The molecule has 0 spiro atoms. The number of ether oxygens (including phenoxy) is 1. The van der Waals surface area contributed by atoms with Crippen LogP contribution in [0.15, 0.2) is 30.3 Å². The molecule has 1 aromatic heterocycles. The summed E-state index contributed by atoms with van der Waals surface area (Å²) in [7, 11) is 0. The van der Waals surface area contributed by atoms with Crippen LogP contribution < -0.4 is 10.5 Å². The molecule has 3 nitrogen and oxygen atoms in total. The Labute approximate surface area is 118 Å². The summed E-state index contributed by atoms with van der Waals surface area (Å²) in [6.07, 6.45) is 0. The van der Waals surface area contributed by atoms with Crippen LogP contribution in [0.25, 0.3) is 0 Å². The van der Waals surface area contributed by atoms with Crippen LogP contribution in [0.5, 0.6) is 5.75 Å². The minimum Gasteiger partial charge on any atom is -0.488 e. The zero-order valence-electron chi connectivity index (χ0n) is 11.1. The van der Waals surface area contributed by atoms with Crippen molar-refractivity contribution < 1.29 is 4.74 Å². The van der Waals surface area contributed by atoms with Crippen molar-refractivity contribution in [1.82, 2.24) is 4.98 Å². The average molecular weight is 277 g/mol. The quantitative estimate of drug-likeness (QED) is 0.931. The van der Waals surface area contributed by atoms with Crippen LogP contribution in [-0.2, 0) is 13.2 Å². The van der Waals surface area contributed by atoms with E-state index in [1.54, 1.807) is 0 Å². The lowest BCUT2D eigenvalue weighted by Gasteiger charge is -2.13. The van der Waals surface area contributed by atoms with E-state index in [0.29, 0.717) is 13.2 Å². The second-order valence-corrected chi connectivity index (χ2v) is 4.88. The maximum Gasteiger partial charge on any atom is 0.127 e. The molecule has 0 aliphatic heterocycles. The van der Waals surface area contributed by atoms with Crippen LogP contribution >= 0.6 is 11.6 Å². The third-order valence-corrected chi connectivity index (χ3v) is 3.18. The number of aryl methyl sites for hydroxylation is 2. The Morgan fingerprint density at radius 3 is 2.53 bits per heavy atom. The van der Waals surface area contributed by atoms with E-state index in [1.165, 1.54) is 0 Å². The van der Waals surface area contributed by atoms with Gasteiger partial charge < -0.3 is 10.5 Å². The van der Waals surface area contributed by atoms with Crippen molar-refractivity contribution in [2.45, 2.75) is 27.0 Å². The number of rotatable bonds is 4. The number of hydrogen-bond acceptors (Lipinski definition) is 3. The fourth-order valence-corrected chi connectivity index (χ4v) is 2.06. The lowest BCUT2D eigenvalue weighted by atomic mass is 10.1. The summed E-state index contributed by atoms with van der Waals surface area (Å²) < 4.78 is 5.85. The van der Waals surface area contributed by atoms with Crippen LogP contribution in [0.3, 0.4) is 0 Å². The molecule has 0 aliphatic carbocycles. The van der Waals surface area contributed by atoms with Crippen molar-refractivity contribution in [3.8, 4) is 5.75 Å². The third-order valence-electron chi connectivity index (χ3n) is 2.93. The van der Waals surface area contributed by atoms with Gasteiger partial charge in [-0.05, 0) is 31.5 Å². The predicted octanol–water partition coefficient (Wildman–Crippen LogP) is 3.39. The molecule has 100 valence electrons. The monoisotopic (exact) mass is 276 g/mol. The second kappa shape index (κ2) is 6.04. The van der Waals surface area contributed by atoms with Gasteiger partial charge in [0.05, 0.1) is 0 Å². The number of halogens is 1. The zero-order valence-corrected chi connectivity index (χ0v) is 11.9. The van der Waals surface area contributed by atoms with Crippen molar-refractivity contribution in [3.63, 3.8) is 0 Å². The molecule has 0 atom stereocenters. The molecular weight excluding hydrogens is 260 g/mol. The van der Waals surface area contributed by atoms with Crippen molar-refractivity contribution >= 4 is 11.6 Å². The highest BCUT2D eigenvalue weighted by molar-refractivity contribution is 6.30. The first-order valence-electron chi connectivity index (χ1n) is 6.14. The van der Waals surface area contributed by atoms with Crippen LogP contribution in [0.1, 0.15) is 22.5 Å². The van der Waals surface area contributed by atoms with Gasteiger partial charge in [0, 0.05) is 34.6 Å². The zero-order chi connectivity index (χ0) is 13.8. The summed E-state index contributed by atoms with van der Waals surface area (Å²) in [5, 5.41) is 0.724. The second-order valence-electron chi connectivity index (χ2n) is 4.45. The third kappa shape index (κ3) is 3.46. The Morgan fingerprint density at radius 1 is 1.21 bits per heavy atom. The first-order valence-corrected chi connectivity index (χ1v) is 6.52. The largest absolute Gasteiger partial charge is 0.488 e. The SMILES string of the molecule is Cc1cc(OCc2ccc(Cl)cc2)c(CN)c(C)n1. The Hall–Kier alpha value is -1.58. The van der Waals surface area contributed by atoms with Crippen molar-refractivity contribution in [1.29, 1.82) is 0 Å². The van der Waals surface area contributed by atoms with Gasteiger partial charge >= 0.3 is 0 Å². The van der Waals surface area contributed by atoms with Crippen LogP contribution in [-0.4, -0.2) is 4.98 Å². The van der Waals surface area contributed by atoms with Gasteiger partial charge in [-0.3, -0.25) is 4.98 Å². The summed E-state index contributed by atoms with van der Waals surface area (Å²) in [6.45, 7) is 4.81. The number of nitrogens with zero attached hydrogens (tertiary/aromatic N) is 1. The highest BCUT2D eigenvalue weighted by Crippen LogP contribution is 2.23. The summed E-state index contributed by atoms with van der Waals surface area (Å²) in [4.78, 5) is 4.39. The number of hydrogen-bond donors (Lipinski definition) is 1. The van der Waals surface area contributed by atoms with Crippen LogP contribution in [0, 0.1) is 13.8 Å². The summed E-state index contributed by atoms with van der Waals surface area (Å²) in [6, 6.07) is 9.53. The molecular formula is C15H17ClN2O. The van der Waals surface area contributed by atoms with E-state index in [1.807, 2.05) is 44.2 Å². The van der Waals surface area contributed by atoms with E-state index >= 15 is 0 Å². The highest BCUT2D eigenvalue weighted by Gasteiger charge is 2.08. The number of aromatic nitrogens is 1. The fraction of sp³-hybridized carbons (Fsp3) is 0.267. The summed E-state index contributed by atoms with van der Waals surface area (Å²) in [5.74, 6) is 0.808. The highest BCUT2D eigenvalue weighted by atomic mass is 35.5. The van der Waals surface area contributed by atoms with Crippen LogP contribution in [0.2, 0.25) is 5.02 Å². The molecule has 0 radical (unpaired) electrons. The molecule has 2 N–H and O–H groups in total. The van der Waals surface area contributed by atoms with Gasteiger partial charge in [0.2, 0.25) is 0 Å². The molecule has 2 rings (SSSR count). The molecule has 1 aromatic carbocycles. The van der Waals surface area contributed by atoms with E-state index in [4.69, 9.17) is 22.1 Å². The van der Waals surface area contributed by atoms with Gasteiger partial charge in [-0.15, -0.1) is 0 Å². The van der Waals surface area contributed by atoms with E-state index in [9.17, 15) is 0 Å². The summed E-state index contributed by atoms with van der Waals surface area (Å²) >= 11 is 5.85. The first kappa shape index (κ1) is 13.8. The van der Waals surface area contributed by atoms with Gasteiger partial charge in [0.15, 0.2) is 0 Å². The maximum atomic E-state index is 5.85. The Balaban J connectivity index is 2.17. The van der Waals surface area contributed by atoms with Crippen LogP contribution in [0.4, 0.5) is 0 Å². The summed E-state index contributed by atoms with van der Waals surface area (Å²) in [5.41, 5.74) is 9.64. The molecule has 0 unspecified atom stereocenters. The van der Waals surface area contributed by atoms with Gasteiger partial charge in [0.25, 0.3) is 0 Å². The van der Waals surface area contributed by atoms with Gasteiger partial charge in [-0.1, -0.05) is 23.7 Å². The average Bonchev–Trinajstić information content (AvgIpc) is 2.37. The van der Waals surface area contributed by atoms with E-state index in [2.05, 4.69) is 4.98 Å². The van der Waals surface area contributed by atoms with Gasteiger partial charge in [-0.2, -0.15) is 0 Å². The van der Waals surface area contributed by atoms with Gasteiger partial charge in [-0.25, -0.2) is 0 Å². The lowest BCUT2D eigenvalue weighted by Crippen LogP contribution is -2.07. The fourth-order valence-electron chi connectivity index (χ4n) is 1.94. The van der Waals surface area contributed by atoms with Gasteiger partial charge in [0.1, 0.15) is 12.4 Å². The normalized spacial score (nSPS) is 10.5. The lowest BCUT2D eigenvalue weighted by molar-refractivity contribution is 0.302. The standard InChI is InChI=1S/C15H17ClN2O/c1-10-7-15(14(8-17)11(2)18-10)19-9-12-3-5-13(16)6-4-12/h3-7H,8-9,17H2,1-2H3. The molecule has 0 saturated heterocycles. The molecule has 0 bridgehead atoms. The van der Waals surface area contributed by atoms with Crippen molar-refractivity contribution in [2.24, 2.45) is 5.73 Å². The van der Waals surface area contributed by atoms with Crippen molar-refractivity contribution in [3.05, 3.63) is 57.9 Å². The Kier molecular flexibility index (Phi) is 4.40. The molecule has 0 aliphatic rings. The molecule has 1 heterocycles. The molecule has 19 heavy (non-hydrogen) atoms. The van der Waals surface area contributed by atoms with E-state index in [-0.39, 0.29) is 0 Å². The minimum atomic E-state index is 0.426.